The van der Waals surface area contributed by atoms with E-state index in [-0.39, 0.29) is 23.3 Å². The molecule has 12 aromatic rings. The molecular formula is C50H42F4N10O2. The van der Waals surface area contributed by atoms with Gasteiger partial charge in [0, 0.05) is 78.2 Å². The van der Waals surface area contributed by atoms with Crippen molar-refractivity contribution in [3.8, 4) is 11.5 Å². The predicted octanol–water partition coefficient (Wildman–Crippen LogP) is 12.1. The van der Waals surface area contributed by atoms with Crippen LogP contribution in [0, 0.1) is 23.3 Å². The van der Waals surface area contributed by atoms with Crippen LogP contribution in [0.3, 0.4) is 0 Å². The van der Waals surface area contributed by atoms with E-state index < -0.39 is 0 Å². The standard InChI is InChI=1S/2C25H21F2N5O/c26-15-4-6-21-17(10-15)19-12-20-18-11-16(27)5-7-22(18)31-24(20)25(23(19)30-21)33-9-3-1-2-8-32-13-28-29-14-32;26-15-4-6-21-17(10-15)19-12-20-18-11-16(27)5-7-22(18)31-24(20)25(23(19)30-21)33-9-3-1-2-8-32-14-28-13-29-32/h2*4-7,10-14,30-31H,1-3,8-9H2. The molecule has 0 atom stereocenters. The number of aryl methyl sites for hydroxylation is 2. The van der Waals surface area contributed by atoms with E-state index in [0.29, 0.717) is 24.7 Å². The quantitative estimate of drug-likeness (QED) is 0.0632. The Labute approximate surface area is 372 Å². The van der Waals surface area contributed by atoms with Crippen LogP contribution < -0.4 is 9.47 Å². The number of benzene rings is 6. The minimum absolute atomic E-state index is 0.302. The molecule has 12 rings (SSSR count). The number of nitrogens with zero attached hydrogens (tertiary/aromatic N) is 6. The van der Waals surface area contributed by atoms with Crippen LogP contribution in [0.5, 0.6) is 11.5 Å². The van der Waals surface area contributed by atoms with Gasteiger partial charge in [-0.2, -0.15) is 5.10 Å². The topological polar surface area (TPSA) is 143 Å². The zero-order valence-electron chi connectivity index (χ0n) is 35.5. The maximum absolute atomic E-state index is 14.0. The van der Waals surface area contributed by atoms with Crippen molar-refractivity contribution in [2.45, 2.75) is 51.6 Å². The average Bonchev–Trinajstić information content (AvgIpc) is 4.19. The van der Waals surface area contributed by atoms with Gasteiger partial charge in [0.05, 0.1) is 35.3 Å². The first-order valence-electron chi connectivity index (χ1n) is 21.9. The van der Waals surface area contributed by atoms with Gasteiger partial charge in [0.1, 0.15) is 48.6 Å². The van der Waals surface area contributed by atoms with Crippen molar-refractivity contribution in [1.29, 1.82) is 0 Å². The van der Waals surface area contributed by atoms with Crippen molar-refractivity contribution in [3.05, 3.63) is 134 Å². The molecular weight excluding hydrogens is 849 g/mol. The Hall–Kier alpha value is -7.88. The van der Waals surface area contributed by atoms with E-state index in [2.05, 4.69) is 40.2 Å². The molecule has 0 unspecified atom stereocenters. The second-order valence-corrected chi connectivity index (χ2v) is 16.5. The fourth-order valence-electron chi connectivity index (χ4n) is 9.04. The van der Waals surface area contributed by atoms with E-state index in [1.54, 1.807) is 43.2 Å². The molecule has 0 bridgehead atoms. The first-order chi connectivity index (χ1) is 32.3. The van der Waals surface area contributed by atoms with E-state index in [4.69, 9.17) is 9.47 Å². The van der Waals surface area contributed by atoms with Crippen LogP contribution in [0.25, 0.3) is 87.2 Å². The van der Waals surface area contributed by atoms with Crippen LogP contribution in [0.15, 0.2) is 110 Å². The van der Waals surface area contributed by atoms with Crippen LogP contribution in [0.2, 0.25) is 0 Å². The summed E-state index contributed by atoms with van der Waals surface area (Å²) in [5.41, 5.74) is 6.52. The van der Waals surface area contributed by atoms with Gasteiger partial charge in [-0.05, 0) is 123 Å². The fraction of sp³-hybridized carbons (Fsp3) is 0.200. The summed E-state index contributed by atoms with van der Waals surface area (Å²) in [6.07, 6.45) is 12.4. The van der Waals surface area contributed by atoms with Crippen molar-refractivity contribution in [3.63, 3.8) is 0 Å². The highest BCUT2D eigenvalue weighted by Gasteiger charge is 2.20. The number of rotatable bonds is 14. The van der Waals surface area contributed by atoms with E-state index in [9.17, 15) is 17.6 Å². The first kappa shape index (κ1) is 40.9. The molecule has 66 heavy (non-hydrogen) atoms. The maximum Gasteiger partial charge on any atom is 0.167 e. The van der Waals surface area contributed by atoms with Gasteiger partial charge < -0.3 is 34.0 Å². The summed E-state index contributed by atoms with van der Waals surface area (Å²) in [7, 11) is 0. The molecule has 4 N–H and O–H groups in total. The zero-order chi connectivity index (χ0) is 44.7. The lowest BCUT2D eigenvalue weighted by molar-refractivity contribution is 0.309. The number of nitrogens with one attached hydrogen (secondary N) is 4. The summed E-state index contributed by atoms with van der Waals surface area (Å²) in [6, 6.07) is 22.7. The van der Waals surface area contributed by atoms with Crippen molar-refractivity contribution >= 4 is 87.2 Å². The molecule has 16 heteroatoms. The van der Waals surface area contributed by atoms with E-state index in [0.717, 1.165) is 139 Å². The van der Waals surface area contributed by atoms with Crippen LogP contribution in [0.1, 0.15) is 38.5 Å². The highest BCUT2D eigenvalue weighted by atomic mass is 19.1. The number of fused-ring (bicyclic) bond motifs is 12. The number of ether oxygens (including phenoxy) is 2. The second kappa shape index (κ2) is 17.3. The Morgan fingerprint density at radius 3 is 1.20 bits per heavy atom. The number of hydrogen-bond acceptors (Lipinski definition) is 6. The average molecular weight is 891 g/mol. The Morgan fingerprint density at radius 1 is 0.424 bits per heavy atom. The number of aromatic nitrogens is 10. The van der Waals surface area contributed by atoms with Crippen molar-refractivity contribution in [2.75, 3.05) is 13.2 Å². The summed E-state index contributed by atoms with van der Waals surface area (Å²) in [6.45, 7) is 2.75. The number of aromatic amines is 4. The van der Waals surface area contributed by atoms with Crippen LogP contribution >= 0.6 is 0 Å². The smallest absolute Gasteiger partial charge is 0.167 e. The predicted molar refractivity (Wildman–Crippen MR) is 249 cm³/mol. The molecule has 0 amide bonds. The Bertz CT molecular complexity index is 3250. The molecule has 0 aliphatic heterocycles. The lowest BCUT2D eigenvalue weighted by atomic mass is 10.1. The summed E-state index contributed by atoms with van der Waals surface area (Å²) < 4.78 is 72.4. The summed E-state index contributed by atoms with van der Waals surface area (Å²) in [5, 5.41) is 18.2. The summed E-state index contributed by atoms with van der Waals surface area (Å²) in [5.74, 6) is 0.140. The van der Waals surface area contributed by atoms with Crippen molar-refractivity contribution in [1.82, 2.24) is 49.5 Å². The molecule has 0 radical (unpaired) electrons. The monoisotopic (exact) mass is 890 g/mol. The van der Waals surface area contributed by atoms with Gasteiger partial charge in [0.2, 0.25) is 0 Å². The summed E-state index contributed by atoms with van der Waals surface area (Å²) >= 11 is 0. The van der Waals surface area contributed by atoms with Gasteiger partial charge >= 0.3 is 0 Å². The van der Waals surface area contributed by atoms with Gasteiger partial charge in [0.15, 0.2) is 11.5 Å². The molecule has 6 heterocycles. The number of halogens is 4. The van der Waals surface area contributed by atoms with Crippen LogP contribution in [-0.4, -0.2) is 62.7 Å². The third-order valence-corrected chi connectivity index (χ3v) is 12.2. The molecule has 0 fully saturated rings. The van der Waals surface area contributed by atoms with Gasteiger partial charge in [-0.25, -0.2) is 22.5 Å². The molecule has 6 aromatic heterocycles. The van der Waals surface area contributed by atoms with Gasteiger partial charge in [-0.3, -0.25) is 4.68 Å². The van der Waals surface area contributed by atoms with Gasteiger partial charge in [-0.15, -0.1) is 10.2 Å². The molecule has 0 saturated carbocycles. The second-order valence-electron chi connectivity index (χ2n) is 16.5. The molecule has 0 aliphatic carbocycles. The van der Waals surface area contributed by atoms with E-state index in [1.165, 1.54) is 54.9 Å². The molecule has 0 aliphatic rings. The van der Waals surface area contributed by atoms with E-state index >= 15 is 0 Å². The highest BCUT2D eigenvalue weighted by Crippen LogP contribution is 2.43. The van der Waals surface area contributed by atoms with Crippen molar-refractivity contribution in [2.24, 2.45) is 0 Å². The van der Waals surface area contributed by atoms with Gasteiger partial charge in [0.25, 0.3) is 0 Å². The molecule has 332 valence electrons. The Kier molecular flexibility index (Phi) is 10.7. The van der Waals surface area contributed by atoms with Crippen LogP contribution in [0.4, 0.5) is 17.6 Å². The third-order valence-electron chi connectivity index (χ3n) is 12.2. The minimum atomic E-state index is -0.302. The first-order valence-corrected chi connectivity index (χ1v) is 21.9. The largest absolute Gasteiger partial charge is 0.489 e. The SMILES string of the molecule is Fc1ccc2[nH]c3c(OCCCCCn4cncn4)c4[nH]c5ccc(F)cc5c4cc3c2c1.Fc1ccc2[nH]c3c(OCCCCCn4cnnc4)c4[nH]c5ccc(F)cc5c4cc3c2c1. The highest BCUT2D eigenvalue weighted by molar-refractivity contribution is 6.22. The van der Waals surface area contributed by atoms with Crippen LogP contribution in [-0.2, 0) is 13.1 Å². The molecule has 0 spiro atoms. The van der Waals surface area contributed by atoms with Crippen molar-refractivity contribution < 1.29 is 27.0 Å². The van der Waals surface area contributed by atoms with E-state index in [1.807, 2.05) is 21.4 Å². The Balaban J connectivity index is 0.000000146. The lowest BCUT2D eigenvalue weighted by Gasteiger charge is -2.09. The Morgan fingerprint density at radius 2 is 0.818 bits per heavy atom. The molecule has 6 aromatic carbocycles. The molecule has 12 nitrogen and oxygen atoms in total. The number of H-pyrrole nitrogens is 4. The lowest BCUT2D eigenvalue weighted by Crippen LogP contribution is -2.02. The number of hydrogen-bond donors (Lipinski definition) is 4. The normalized spacial score (nSPS) is 11.9. The van der Waals surface area contributed by atoms with Gasteiger partial charge in [-0.1, -0.05) is 0 Å². The minimum Gasteiger partial charge on any atom is -0.489 e. The number of unbranched alkanes of at least 4 members (excludes halogenated alkanes) is 4. The maximum atomic E-state index is 14.0. The third kappa shape index (κ3) is 7.77. The zero-order valence-corrected chi connectivity index (χ0v) is 35.5. The summed E-state index contributed by atoms with van der Waals surface area (Å²) in [4.78, 5) is 17.5. The molecule has 0 saturated heterocycles. The fourth-order valence-corrected chi connectivity index (χ4v) is 9.04.